The van der Waals surface area contributed by atoms with Gasteiger partial charge in [0.1, 0.15) is 0 Å². The second kappa shape index (κ2) is 5.42. The number of benzene rings is 1. The number of hydrogen-bond donors (Lipinski definition) is 0. The van der Waals surface area contributed by atoms with Crippen LogP contribution in [0.1, 0.15) is 24.0 Å². The predicted molar refractivity (Wildman–Crippen MR) is 94.1 cm³/mol. The Kier molecular flexibility index (Phi) is 3.32. The summed E-state index contributed by atoms with van der Waals surface area (Å²) in [6, 6.07) is 5.81. The average molecular weight is 354 g/mol. The van der Waals surface area contributed by atoms with Crippen molar-refractivity contribution in [2.24, 2.45) is 4.99 Å². The fourth-order valence-electron chi connectivity index (χ4n) is 2.69. The number of rotatable bonds is 2. The largest absolute Gasteiger partial charge is 0.277 e. The Labute approximate surface area is 143 Å². The predicted octanol–water partition coefficient (Wildman–Crippen LogP) is 1.39. The standard InChI is InChI=1S/C16H10N4O4S/c1-8-7-17-13-12(8)15(22)19-14(21)11(25-16(19)18-13)6-9-2-4-10(5-3-9)20(23)24/h2-8H,1H3. The highest BCUT2D eigenvalue weighted by atomic mass is 32.1. The maximum Gasteiger partial charge on any atom is 0.277 e. The Hall–Kier alpha value is -3.20. The summed E-state index contributed by atoms with van der Waals surface area (Å²) >= 11 is 1.09. The Morgan fingerprint density at radius 1 is 1.24 bits per heavy atom. The van der Waals surface area contributed by atoms with E-state index in [9.17, 15) is 19.7 Å². The molecule has 0 saturated heterocycles. The molecule has 0 aliphatic carbocycles. The summed E-state index contributed by atoms with van der Waals surface area (Å²) in [6.07, 6.45) is 3.22. The number of aromatic nitrogens is 2. The van der Waals surface area contributed by atoms with E-state index in [0.29, 0.717) is 21.5 Å². The van der Waals surface area contributed by atoms with Gasteiger partial charge in [0.15, 0.2) is 5.82 Å². The molecule has 25 heavy (non-hydrogen) atoms. The van der Waals surface area contributed by atoms with Gasteiger partial charge in [0.25, 0.3) is 16.8 Å². The van der Waals surface area contributed by atoms with Crippen molar-refractivity contribution in [1.82, 2.24) is 9.38 Å². The van der Waals surface area contributed by atoms with Crippen LogP contribution in [0.25, 0.3) is 11.0 Å². The van der Waals surface area contributed by atoms with E-state index in [0.717, 1.165) is 15.7 Å². The molecule has 1 unspecified atom stereocenters. The van der Waals surface area contributed by atoms with Crippen LogP contribution < -0.4 is 15.7 Å². The third-order valence-corrected chi connectivity index (χ3v) is 4.93. The zero-order valence-electron chi connectivity index (χ0n) is 12.9. The van der Waals surface area contributed by atoms with Crippen LogP contribution in [-0.2, 0) is 0 Å². The first kappa shape index (κ1) is 15.3. The molecule has 0 amide bonds. The lowest BCUT2D eigenvalue weighted by atomic mass is 10.1. The van der Waals surface area contributed by atoms with E-state index in [1.165, 1.54) is 12.1 Å². The maximum absolute atomic E-state index is 12.6. The van der Waals surface area contributed by atoms with Crippen LogP contribution in [0.5, 0.6) is 0 Å². The van der Waals surface area contributed by atoms with Gasteiger partial charge in [0, 0.05) is 24.3 Å². The van der Waals surface area contributed by atoms with Gasteiger partial charge in [-0.15, -0.1) is 0 Å². The highest BCUT2D eigenvalue weighted by Gasteiger charge is 2.23. The highest BCUT2D eigenvalue weighted by molar-refractivity contribution is 7.15. The Bertz CT molecular complexity index is 1220. The summed E-state index contributed by atoms with van der Waals surface area (Å²) in [5.41, 5.74) is 0.180. The van der Waals surface area contributed by atoms with E-state index >= 15 is 0 Å². The highest BCUT2D eigenvalue weighted by Crippen LogP contribution is 2.26. The molecule has 3 aromatic rings. The van der Waals surface area contributed by atoms with Gasteiger partial charge in [-0.05, 0) is 23.8 Å². The molecule has 0 spiro atoms. The second-order valence-corrected chi connectivity index (χ2v) is 6.61. The minimum atomic E-state index is -0.491. The minimum absolute atomic E-state index is 0.0306. The first-order valence-corrected chi connectivity index (χ1v) is 8.17. The van der Waals surface area contributed by atoms with Crippen molar-refractivity contribution in [1.29, 1.82) is 0 Å². The molecule has 8 nitrogen and oxygen atoms in total. The van der Waals surface area contributed by atoms with Crippen LogP contribution in [0.3, 0.4) is 0 Å². The van der Waals surface area contributed by atoms with E-state index in [2.05, 4.69) is 9.98 Å². The Balaban J connectivity index is 1.92. The lowest BCUT2D eigenvalue weighted by Gasteiger charge is -2.00. The number of nitro groups is 1. The second-order valence-electron chi connectivity index (χ2n) is 5.60. The van der Waals surface area contributed by atoms with Gasteiger partial charge in [-0.3, -0.25) is 19.7 Å². The van der Waals surface area contributed by atoms with Crippen LogP contribution in [0.15, 0.2) is 38.8 Å². The van der Waals surface area contributed by atoms with Crippen molar-refractivity contribution in [3.63, 3.8) is 0 Å². The van der Waals surface area contributed by atoms with Gasteiger partial charge < -0.3 is 0 Å². The minimum Gasteiger partial charge on any atom is -0.268 e. The molecule has 3 heterocycles. The van der Waals surface area contributed by atoms with E-state index in [1.807, 2.05) is 6.92 Å². The fraction of sp³-hybridized carbons (Fsp3) is 0.125. The van der Waals surface area contributed by atoms with E-state index in [-0.39, 0.29) is 16.6 Å². The molecule has 0 saturated carbocycles. The Morgan fingerprint density at radius 2 is 1.96 bits per heavy atom. The van der Waals surface area contributed by atoms with Crippen molar-refractivity contribution in [3.05, 3.63) is 70.7 Å². The van der Waals surface area contributed by atoms with Gasteiger partial charge in [0.05, 0.1) is 15.0 Å². The van der Waals surface area contributed by atoms with Crippen molar-refractivity contribution in [2.45, 2.75) is 12.8 Å². The third-order valence-electron chi connectivity index (χ3n) is 3.96. The smallest absolute Gasteiger partial charge is 0.268 e. The van der Waals surface area contributed by atoms with E-state index in [4.69, 9.17) is 0 Å². The summed E-state index contributed by atoms with van der Waals surface area (Å²) in [6.45, 7) is 1.82. The number of non-ortho nitro benzene ring substituents is 1. The molecule has 0 bridgehead atoms. The van der Waals surface area contributed by atoms with Crippen molar-refractivity contribution in [2.75, 3.05) is 0 Å². The molecule has 1 aliphatic rings. The average Bonchev–Trinajstić information content (AvgIpc) is 3.09. The molecule has 2 aromatic heterocycles. The monoisotopic (exact) mass is 354 g/mol. The fourth-order valence-corrected chi connectivity index (χ4v) is 3.65. The number of aliphatic imine (C=N–C) groups is 1. The topological polar surface area (TPSA) is 107 Å². The molecule has 1 atom stereocenters. The maximum atomic E-state index is 12.6. The van der Waals surface area contributed by atoms with Crippen molar-refractivity contribution >= 4 is 40.1 Å². The summed E-state index contributed by atoms with van der Waals surface area (Å²) in [4.78, 5) is 44.1. The number of nitrogens with zero attached hydrogens (tertiary/aromatic N) is 4. The van der Waals surface area contributed by atoms with Crippen molar-refractivity contribution in [3.8, 4) is 0 Å². The van der Waals surface area contributed by atoms with Gasteiger partial charge in [-0.2, -0.15) is 0 Å². The molecule has 4 rings (SSSR count). The zero-order valence-corrected chi connectivity index (χ0v) is 13.7. The molecule has 0 fully saturated rings. The zero-order chi connectivity index (χ0) is 17.7. The van der Waals surface area contributed by atoms with Crippen LogP contribution in [0.4, 0.5) is 11.5 Å². The lowest BCUT2D eigenvalue weighted by molar-refractivity contribution is -0.384. The summed E-state index contributed by atoms with van der Waals surface area (Å²) in [7, 11) is 0. The number of thiazole rings is 1. The molecular formula is C16H10N4O4S. The molecule has 1 aliphatic heterocycles. The van der Waals surface area contributed by atoms with Gasteiger partial charge >= 0.3 is 0 Å². The Morgan fingerprint density at radius 3 is 2.64 bits per heavy atom. The molecular weight excluding hydrogens is 344 g/mol. The normalized spacial score (nSPS) is 16.5. The first-order chi connectivity index (χ1) is 12.0. The lowest BCUT2D eigenvalue weighted by Crippen LogP contribution is -2.32. The van der Waals surface area contributed by atoms with Gasteiger partial charge in [0.2, 0.25) is 4.96 Å². The van der Waals surface area contributed by atoms with Crippen LogP contribution in [-0.4, -0.2) is 20.5 Å². The van der Waals surface area contributed by atoms with Crippen LogP contribution in [0.2, 0.25) is 0 Å². The van der Waals surface area contributed by atoms with Crippen LogP contribution >= 0.6 is 11.3 Å². The number of nitro benzene ring substituents is 1. The van der Waals surface area contributed by atoms with Gasteiger partial charge in [-0.25, -0.2) is 14.4 Å². The summed E-state index contributed by atoms with van der Waals surface area (Å²) in [5, 5.41) is 10.7. The molecule has 0 N–H and O–H groups in total. The quantitative estimate of drug-likeness (QED) is 0.510. The molecule has 9 heteroatoms. The summed E-state index contributed by atoms with van der Waals surface area (Å²) in [5.74, 6) is 0.189. The number of hydrogen-bond acceptors (Lipinski definition) is 7. The third kappa shape index (κ3) is 2.36. The SMILES string of the molecule is CC1C=Nc2nc3sc(=Cc4ccc([N+](=O)[O-])cc4)c(=O)n3c(=O)c21. The van der Waals surface area contributed by atoms with Gasteiger partial charge in [-0.1, -0.05) is 18.3 Å². The first-order valence-electron chi connectivity index (χ1n) is 7.35. The number of fused-ring (bicyclic) bond motifs is 2. The van der Waals surface area contributed by atoms with E-state index < -0.39 is 16.0 Å². The molecule has 0 radical (unpaired) electrons. The molecule has 124 valence electrons. The summed E-state index contributed by atoms with van der Waals surface area (Å²) < 4.78 is 1.39. The molecule has 1 aromatic carbocycles. The van der Waals surface area contributed by atoms with Crippen LogP contribution in [0, 0.1) is 10.1 Å². The van der Waals surface area contributed by atoms with E-state index in [1.54, 1.807) is 24.4 Å². The van der Waals surface area contributed by atoms with Crippen molar-refractivity contribution < 1.29 is 4.92 Å².